The van der Waals surface area contributed by atoms with Crippen molar-refractivity contribution in [3.8, 4) is 5.75 Å². The fourth-order valence-corrected chi connectivity index (χ4v) is 2.43. The van der Waals surface area contributed by atoms with Gasteiger partial charge in [-0.1, -0.05) is 24.3 Å². The number of ether oxygens (including phenoxy) is 2. The van der Waals surface area contributed by atoms with Gasteiger partial charge >= 0.3 is 5.97 Å². The third-order valence-corrected chi connectivity index (χ3v) is 3.62. The molecule has 2 aromatic rings. The zero-order chi connectivity index (χ0) is 17.8. The van der Waals surface area contributed by atoms with Crippen molar-refractivity contribution >= 4 is 23.3 Å². The van der Waals surface area contributed by atoms with E-state index in [4.69, 9.17) is 9.47 Å². The Balaban J connectivity index is 1.64. The van der Waals surface area contributed by atoms with Crippen LogP contribution in [0.25, 0.3) is 0 Å². The molecule has 0 saturated carbocycles. The fourth-order valence-electron chi connectivity index (χ4n) is 2.43. The van der Waals surface area contributed by atoms with Gasteiger partial charge in [-0.2, -0.15) is 0 Å². The zero-order valence-corrected chi connectivity index (χ0v) is 13.1. The first kappa shape index (κ1) is 16.4. The number of anilines is 1. The summed E-state index contributed by atoms with van der Waals surface area (Å²) in [4.78, 5) is 35.6. The van der Waals surface area contributed by atoms with Gasteiger partial charge in [0, 0.05) is 12.1 Å². The van der Waals surface area contributed by atoms with Crippen LogP contribution in [0.15, 0.2) is 48.5 Å². The molecular formula is C17H14N2O6. The molecule has 8 heteroatoms. The van der Waals surface area contributed by atoms with Crippen molar-refractivity contribution in [3.05, 3.63) is 64.2 Å². The minimum atomic E-state index is -0.614. The van der Waals surface area contributed by atoms with Crippen molar-refractivity contribution in [2.24, 2.45) is 0 Å². The van der Waals surface area contributed by atoms with Gasteiger partial charge in [0.25, 0.3) is 11.6 Å². The van der Waals surface area contributed by atoms with Crippen LogP contribution in [0.5, 0.6) is 5.75 Å². The summed E-state index contributed by atoms with van der Waals surface area (Å²) < 4.78 is 10.4. The third-order valence-electron chi connectivity index (χ3n) is 3.62. The SMILES string of the molecule is O=C(CN1C(=O)COc2ccccc21)OCc1cccc([N+](=O)[O-])c1. The van der Waals surface area contributed by atoms with Crippen LogP contribution in [-0.4, -0.2) is 30.0 Å². The van der Waals surface area contributed by atoms with Gasteiger partial charge < -0.3 is 9.47 Å². The van der Waals surface area contributed by atoms with E-state index in [-0.39, 0.29) is 31.4 Å². The maximum absolute atomic E-state index is 12.1. The Hall–Kier alpha value is -3.42. The summed E-state index contributed by atoms with van der Waals surface area (Å²) in [5.74, 6) is -0.434. The van der Waals surface area contributed by atoms with E-state index in [1.807, 2.05) is 0 Å². The average Bonchev–Trinajstić information content (AvgIpc) is 2.62. The third kappa shape index (κ3) is 3.74. The number of amides is 1. The second-order valence-corrected chi connectivity index (χ2v) is 5.32. The Labute approximate surface area is 142 Å². The summed E-state index contributed by atoms with van der Waals surface area (Å²) in [5, 5.41) is 10.7. The Morgan fingerprint density at radius 1 is 1.24 bits per heavy atom. The zero-order valence-electron chi connectivity index (χ0n) is 13.1. The van der Waals surface area contributed by atoms with Gasteiger partial charge in [-0.3, -0.25) is 24.6 Å². The molecule has 0 atom stereocenters. The van der Waals surface area contributed by atoms with E-state index in [1.54, 1.807) is 30.3 Å². The van der Waals surface area contributed by atoms with Gasteiger partial charge in [0.05, 0.1) is 10.6 Å². The summed E-state index contributed by atoms with van der Waals surface area (Å²) >= 11 is 0. The minimum Gasteiger partial charge on any atom is -0.482 e. The number of carbonyl (C=O) groups excluding carboxylic acids is 2. The molecule has 25 heavy (non-hydrogen) atoms. The largest absolute Gasteiger partial charge is 0.482 e. The first-order chi connectivity index (χ1) is 12.0. The van der Waals surface area contributed by atoms with E-state index in [0.717, 1.165) is 0 Å². The van der Waals surface area contributed by atoms with Gasteiger partial charge in [-0.25, -0.2) is 0 Å². The topological polar surface area (TPSA) is 99.0 Å². The molecule has 1 amide bonds. The number of nitrogens with zero attached hydrogens (tertiary/aromatic N) is 2. The molecule has 0 N–H and O–H groups in total. The lowest BCUT2D eigenvalue weighted by Crippen LogP contribution is -2.42. The first-order valence-electron chi connectivity index (χ1n) is 7.46. The number of nitro benzene ring substituents is 1. The summed E-state index contributed by atoms with van der Waals surface area (Å²) in [5.41, 5.74) is 0.924. The molecule has 0 unspecified atom stereocenters. The highest BCUT2D eigenvalue weighted by Gasteiger charge is 2.27. The number of carbonyl (C=O) groups is 2. The second-order valence-electron chi connectivity index (χ2n) is 5.32. The van der Waals surface area contributed by atoms with Gasteiger partial charge in [0.2, 0.25) is 0 Å². The van der Waals surface area contributed by atoms with E-state index >= 15 is 0 Å². The minimum absolute atomic E-state index is 0.0779. The lowest BCUT2D eigenvalue weighted by molar-refractivity contribution is -0.384. The molecule has 1 heterocycles. The van der Waals surface area contributed by atoms with Crippen LogP contribution in [0.3, 0.4) is 0 Å². The predicted molar refractivity (Wildman–Crippen MR) is 87.2 cm³/mol. The quantitative estimate of drug-likeness (QED) is 0.468. The van der Waals surface area contributed by atoms with Crippen molar-refractivity contribution in [2.45, 2.75) is 6.61 Å². The highest BCUT2D eigenvalue weighted by molar-refractivity contribution is 6.01. The highest BCUT2D eigenvalue weighted by Crippen LogP contribution is 2.31. The molecule has 0 saturated heterocycles. The van der Waals surface area contributed by atoms with Crippen LogP contribution in [0.2, 0.25) is 0 Å². The Bertz CT molecular complexity index is 835. The Morgan fingerprint density at radius 3 is 2.84 bits per heavy atom. The van der Waals surface area contributed by atoms with Crippen LogP contribution >= 0.6 is 0 Å². The molecule has 0 aliphatic carbocycles. The van der Waals surface area contributed by atoms with Gasteiger partial charge in [-0.05, 0) is 17.7 Å². The lowest BCUT2D eigenvalue weighted by Gasteiger charge is -2.28. The number of hydrogen-bond donors (Lipinski definition) is 0. The van der Waals surface area contributed by atoms with Crippen LogP contribution in [0.1, 0.15) is 5.56 Å². The molecule has 1 aliphatic heterocycles. The van der Waals surface area contributed by atoms with E-state index in [2.05, 4.69) is 0 Å². The lowest BCUT2D eigenvalue weighted by atomic mass is 10.2. The maximum atomic E-state index is 12.1. The molecular weight excluding hydrogens is 328 g/mol. The number of hydrogen-bond acceptors (Lipinski definition) is 6. The van der Waals surface area contributed by atoms with E-state index in [1.165, 1.54) is 23.1 Å². The van der Waals surface area contributed by atoms with Crippen molar-refractivity contribution in [2.75, 3.05) is 18.1 Å². The summed E-state index contributed by atoms with van der Waals surface area (Å²) in [6.45, 7) is -0.510. The van der Waals surface area contributed by atoms with E-state index < -0.39 is 10.9 Å². The molecule has 2 aromatic carbocycles. The first-order valence-corrected chi connectivity index (χ1v) is 7.46. The summed E-state index contributed by atoms with van der Waals surface area (Å²) in [6.07, 6.45) is 0. The van der Waals surface area contributed by atoms with Crippen molar-refractivity contribution < 1.29 is 24.0 Å². The molecule has 0 spiro atoms. The maximum Gasteiger partial charge on any atom is 0.326 e. The Kier molecular flexibility index (Phi) is 4.60. The summed E-state index contributed by atoms with van der Waals surface area (Å²) in [6, 6.07) is 12.7. The van der Waals surface area contributed by atoms with Crippen molar-refractivity contribution in [1.82, 2.24) is 0 Å². The van der Waals surface area contributed by atoms with Crippen molar-refractivity contribution in [1.29, 1.82) is 0 Å². The second kappa shape index (κ2) is 7.00. The predicted octanol–water partition coefficient (Wildman–Crippen LogP) is 2.06. The van der Waals surface area contributed by atoms with Crippen LogP contribution in [0, 0.1) is 10.1 Å². The monoisotopic (exact) mass is 342 g/mol. The molecule has 3 rings (SSSR count). The molecule has 0 aromatic heterocycles. The van der Waals surface area contributed by atoms with Gasteiger partial charge in [0.1, 0.15) is 18.9 Å². The van der Waals surface area contributed by atoms with Gasteiger partial charge in [0.15, 0.2) is 6.61 Å². The highest BCUT2D eigenvalue weighted by atomic mass is 16.6. The summed E-state index contributed by atoms with van der Waals surface area (Å²) in [7, 11) is 0. The number of non-ortho nitro benzene ring substituents is 1. The average molecular weight is 342 g/mol. The molecule has 1 aliphatic rings. The van der Waals surface area contributed by atoms with Crippen LogP contribution in [0.4, 0.5) is 11.4 Å². The number of benzene rings is 2. The van der Waals surface area contributed by atoms with Crippen LogP contribution in [-0.2, 0) is 20.9 Å². The Morgan fingerprint density at radius 2 is 2.04 bits per heavy atom. The van der Waals surface area contributed by atoms with E-state index in [9.17, 15) is 19.7 Å². The normalized spacial score (nSPS) is 13.0. The number of nitro groups is 1. The number of para-hydroxylation sites is 2. The van der Waals surface area contributed by atoms with E-state index in [0.29, 0.717) is 17.0 Å². The van der Waals surface area contributed by atoms with Gasteiger partial charge in [-0.15, -0.1) is 0 Å². The molecule has 0 radical (unpaired) electrons. The number of esters is 1. The fraction of sp³-hybridized carbons (Fsp3) is 0.176. The standard InChI is InChI=1S/C17H14N2O6/c20-16-11-24-15-7-2-1-6-14(15)18(16)9-17(21)25-10-12-4-3-5-13(8-12)19(22)23/h1-8H,9-11H2. The van der Waals surface area contributed by atoms with Crippen LogP contribution < -0.4 is 9.64 Å². The molecule has 0 fully saturated rings. The van der Waals surface area contributed by atoms with Crippen molar-refractivity contribution in [3.63, 3.8) is 0 Å². The molecule has 8 nitrogen and oxygen atoms in total. The number of rotatable bonds is 5. The molecule has 0 bridgehead atoms. The number of fused-ring (bicyclic) bond motifs is 1. The smallest absolute Gasteiger partial charge is 0.326 e. The molecule has 128 valence electrons.